The van der Waals surface area contributed by atoms with E-state index >= 15 is 0 Å². The number of anilines is 1. The molecule has 1 fully saturated rings. The van der Waals surface area contributed by atoms with Gasteiger partial charge in [-0.05, 0) is 38.1 Å². The molecule has 0 saturated carbocycles. The SMILES string of the molecule is CCN1CCOC(CN(Cc2ccc(N)cc2)C(C)C)C1. The van der Waals surface area contributed by atoms with Crippen LogP contribution in [0.2, 0.25) is 0 Å². The number of nitrogen functional groups attached to an aromatic ring is 1. The van der Waals surface area contributed by atoms with Crippen LogP contribution in [-0.2, 0) is 11.3 Å². The number of nitrogens with zero attached hydrogens (tertiary/aromatic N) is 2. The Morgan fingerprint density at radius 2 is 2.05 bits per heavy atom. The Kier molecular flexibility index (Phi) is 6.03. The maximum Gasteiger partial charge on any atom is 0.0829 e. The van der Waals surface area contributed by atoms with Crippen LogP contribution < -0.4 is 5.73 Å². The maximum absolute atomic E-state index is 5.94. The summed E-state index contributed by atoms with van der Waals surface area (Å²) in [7, 11) is 0. The topological polar surface area (TPSA) is 41.7 Å². The van der Waals surface area contributed by atoms with Gasteiger partial charge in [0.2, 0.25) is 0 Å². The van der Waals surface area contributed by atoms with Crippen molar-refractivity contribution in [2.24, 2.45) is 0 Å². The van der Waals surface area contributed by atoms with Gasteiger partial charge in [-0.15, -0.1) is 0 Å². The van der Waals surface area contributed by atoms with Crippen LogP contribution in [0.15, 0.2) is 24.3 Å². The second-order valence-corrected chi connectivity index (χ2v) is 6.15. The van der Waals surface area contributed by atoms with Crippen molar-refractivity contribution in [3.63, 3.8) is 0 Å². The van der Waals surface area contributed by atoms with E-state index in [2.05, 4.69) is 42.7 Å². The van der Waals surface area contributed by atoms with E-state index in [0.29, 0.717) is 12.1 Å². The second-order valence-electron chi connectivity index (χ2n) is 6.15. The molecule has 0 spiro atoms. The zero-order valence-corrected chi connectivity index (χ0v) is 13.6. The van der Waals surface area contributed by atoms with Crippen LogP contribution in [0.3, 0.4) is 0 Å². The average molecular weight is 291 g/mol. The van der Waals surface area contributed by atoms with Crippen LogP contribution in [0, 0.1) is 0 Å². The highest BCUT2D eigenvalue weighted by molar-refractivity contribution is 5.39. The summed E-state index contributed by atoms with van der Waals surface area (Å²) in [6.45, 7) is 12.7. The molecule has 1 aliphatic heterocycles. The fourth-order valence-corrected chi connectivity index (χ4v) is 2.76. The number of hydrogen-bond donors (Lipinski definition) is 1. The van der Waals surface area contributed by atoms with Crippen molar-refractivity contribution in [3.05, 3.63) is 29.8 Å². The number of morpholine rings is 1. The summed E-state index contributed by atoms with van der Waals surface area (Å²) < 4.78 is 5.94. The standard InChI is InChI=1S/C17H29N3O/c1-4-19-9-10-21-17(12-19)13-20(14(2)3)11-15-5-7-16(18)8-6-15/h5-8,14,17H,4,9-13,18H2,1-3H3. The Morgan fingerprint density at radius 3 is 2.67 bits per heavy atom. The molecule has 4 heteroatoms. The lowest BCUT2D eigenvalue weighted by atomic mass is 10.1. The fraction of sp³-hybridized carbons (Fsp3) is 0.647. The number of likely N-dealkylation sites (N-methyl/N-ethyl adjacent to an activating group) is 1. The largest absolute Gasteiger partial charge is 0.399 e. The lowest BCUT2D eigenvalue weighted by molar-refractivity contribution is -0.0468. The van der Waals surface area contributed by atoms with E-state index in [9.17, 15) is 0 Å². The van der Waals surface area contributed by atoms with Crippen LogP contribution in [0.4, 0.5) is 5.69 Å². The summed E-state index contributed by atoms with van der Waals surface area (Å²) >= 11 is 0. The van der Waals surface area contributed by atoms with E-state index < -0.39 is 0 Å². The van der Waals surface area contributed by atoms with Crippen molar-refractivity contribution >= 4 is 5.69 Å². The highest BCUT2D eigenvalue weighted by atomic mass is 16.5. The third-order valence-corrected chi connectivity index (χ3v) is 4.20. The summed E-state index contributed by atoms with van der Waals surface area (Å²) in [4.78, 5) is 4.95. The summed E-state index contributed by atoms with van der Waals surface area (Å²) in [6.07, 6.45) is 0.315. The number of ether oxygens (including phenoxy) is 1. The van der Waals surface area contributed by atoms with Crippen LogP contribution >= 0.6 is 0 Å². The number of rotatable bonds is 6. The van der Waals surface area contributed by atoms with Gasteiger partial charge in [0.1, 0.15) is 0 Å². The van der Waals surface area contributed by atoms with Gasteiger partial charge in [-0.1, -0.05) is 19.1 Å². The Labute approximate surface area is 128 Å². The molecule has 0 aromatic heterocycles. The van der Waals surface area contributed by atoms with Crippen LogP contribution in [0.25, 0.3) is 0 Å². The smallest absolute Gasteiger partial charge is 0.0829 e. The lowest BCUT2D eigenvalue weighted by Crippen LogP contribution is -2.48. The van der Waals surface area contributed by atoms with Crippen molar-refractivity contribution in [2.45, 2.75) is 39.5 Å². The predicted octanol–water partition coefficient (Wildman–Crippen LogP) is 2.20. The third-order valence-electron chi connectivity index (χ3n) is 4.20. The quantitative estimate of drug-likeness (QED) is 0.816. The van der Waals surface area contributed by atoms with Gasteiger partial charge in [-0.3, -0.25) is 9.80 Å². The maximum atomic E-state index is 5.94. The van der Waals surface area contributed by atoms with Crippen molar-refractivity contribution in [3.8, 4) is 0 Å². The molecular weight excluding hydrogens is 262 g/mol. The van der Waals surface area contributed by atoms with E-state index in [1.54, 1.807) is 0 Å². The van der Waals surface area contributed by atoms with Gasteiger partial charge in [0.05, 0.1) is 12.7 Å². The molecule has 1 aromatic rings. The Hall–Kier alpha value is -1.10. The molecule has 0 radical (unpaired) electrons. The second kappa shape index (κ2) is 7.78. The van der Waals surface area contributed by atoms with Gasteiger partial charge < -0.3 is 10.5 Å². The zero-order valence-electron chi connectivity index (χ0n) is 13.6. The summed E-state index contributed by atoms with van der Waals surface area (Å²) in [5.74, 6) is 0. The molecule has 1 atom stereocenters. The molecule has 2 N–H and O–H groups in total. The van der Waals surface area contributed by atoms with Gasteiger partial charge in [-0.25, -0.2) is 0 Å². The zero-order chi connectivity index (χ0) is 15.2. The minimum Gasteiger partial charge on any atom is -0.399 e. The monoisotopic (exact) mass is 291 g/mol. The van der Waals surface area contributed by atoms with E-state index in [-0.39, 0.29) is 0 Å². The van der Waals surface area contributed by atoms with E-state index in [1.807, 2.05) is 12.1 Å². The average Bonchev–Trinajstić information content (AvgIpc) is 2.49. The highest BCUT2D eigenvalue weighted by Crippen LogP contribution is 2.14. The Morgan fingerprint density at radius 1 is 1.33 bits per heavy atom. The molecular formula is C17H29N3O. The van der Waals surface area contributed by atoms with Gasteiger partial charge >= 0.3 is 0 Å². The first-order valence-electron chi connectivity index (χ1n) is 8.01. The van der Waals surface area contributed by atoms with Crippen LogP contribution in [-0.4, -0.2) is 54.7 Å². The number of nitrogens with two attached hydrogens (primary N) is 1. The molecule has 4 nitrogen and oxygen atoms in total. The minimum absolute atomic E-state index is 0.315. The molecule has 0 aliphatic carbocycles. The van der Waals surface area contributed by atoms with Crippen LogP contribution in [0.5, 0.6) is 0 Å². The minimum atomic E-state index is 0.315. The fourth-order valence-electron chi connectivity index (χ4n) is 2.76. The molecule has 2 rings (SSSR count). The summed E-state index contributed by atoms with van der Waals surface area (Å²) in [5.41, 5.74) is 7.89. The molecule has 21 heavy (non-hydrogen) atoms. The Balaban J connectivity index is 1.94. The number of benzene rings is 1. The first kappa shape index (κ1) is 16.3. The molecule has 1 unspecified atom stereocenters. The molecule has 1 saturated heterocycles. The van der Waals surface area contributed by atoms with Gasteiger partial charge in [0, 0.05) is 37.9 Å². The van der Waals surface area contributed by atoms with Gasteiger partial charge in [0.25, 0.3) is 0 Å². The van der Waals surface area contributed by atoms with E-state index in [1.165, 1.54) is 5.56 Å². The van der Waals surface area contributed by atoms with Crippen molar-refractivity contribution in [2.75, 3.05) is 38.5 Å². The first-order valence-corrected chi connectivity index (χ1v) is 8.01. The van der Waals surface area contributed by atoms with Crippen LogP contribution in [0.1, 0.15) is 26.3 Å². The van der Waals surface area contributed by atoms with E-state index in [0.717, 1.165) is 45.0 Å². The first-order chi connectivity index (χ1) is 10.1. The van der Waals surface area contributed by atoms with E-state index in [4.69, 9.17) is 10.5 Å². The summed E-state index contributed by atoms with van der Waals surface area (Å²) in [5, 5.41) is 0. The normalized spacial score (nSPS) is 20.3. The molecule has 1 aliphatic rings. The van der Waals surface area contributed by atoms with Gasteiger partial charge in [-0.2, -0.15) is 0 Å². The Bertz CT molecular complexity index is 419. The predicted molar refractivity (Wildman–Crippen MR) is 88.3 cm³/mol. The van der Waals surface area contributed by atoms with Crippen molar-refractivity contribution < 1.29 is 4.74 Å². The highest BCUT2D eigenvalue weighted by Gasteiger charge is 2.23. The lowest BCUT2D eigenvalue weighted by Gasteiger charge is -2.36. The molecule has 1 heterocycles. The molecule has 118 valence electrons. The van der Waals surface area contributed by atoms with Crippen molar-refractivity contribution in [1.29, 1.82) is 0 Å². The molecule has 1 aromatic carbocycles. The van der Waals surface area contributed by atoms with Crippen molar-refractivity contribution in [1.82, 2.24) is 9.80 Å². The third kappa shape index (κ3) is 4.99. The number of hydrogen-bond acceptors (Lipinski definition) is 4. The summed E-state index contributed by atoms with van der Waals surface area (Å²) in [6, 6.07) is 8.69. The molecule has 0 amide bonds. The van der Waals surface area contributed by atoms with Gasteiger partial charge in [0.15, 0.2) is 0 Å². The molecule has 0 bridgehead atoms.